The van der Waals surface area contributed by atoms with Crippen LogP contribution in [0.5, 0.6) is 0 Å². The summed E-state index contributed by atoms with van der Waals surface area (Å²) in [6.07, 6.45) is 8.91. The first-order valence-electron chi connectivity index (χ1n) is 13.9. The Morgan fingerprint density at radius 2 is 1.78 bits per heavy atom. The molecule has 2 aromatic rings. The Morgan fingerprint density at radius 1 is 1.08 bits per heavy atom. The number of benzene rings is 1. The molecule has 200 valence electrons. The van der Waals surface area contributed by atoms with Gasteiger partial charge in [0.05, 0.1) is 18.3 Å². The van der Waals surface area contributed by atoms with Gasteiger partial charge in [-0.05, 0) is 55.2 Å². The van der Waals surface area contributed by atoms with E-state index < -0.39 is 18.2 Å². The number of carbonyl (C=O) groups excluding carboxylic acids is 2. The number of amides is 2. The van der Waals surface area contributed by atoms with Gasteiger partial charge in [0.1, 0.15) is 6.04 Å². The number of nitrogens with one attached hydrogen (secondary N) is 3. The van der Waals surface area contributed by atoms with Crippen LogP contribution in [0.15, 0.2) is 30.5 Å². The van der Waals surface area contributed by atoms with Crippen molar-refractivity contribution in [2.75, 3.05) is 11.4 Å². The van der Waals surface area contributed by atoms with Crippen molar-refractivity contribution >= 4 is 17.5 Å². The lowest BCUT2D eigenvalue weighted by Crippen LogP contribution is -2.51. The summed E-state index contributed by atoms with van der Waals surface area (Å²) in [6, 6.07) is 6.69. The van der Waals surface area contributed by atoms with Gasteiger partial charge in [-0.1, -0.05) is 52.2 Å². The Balaban J connectivity index is 1.56. The Hall–Kier alpha value is -2.71. The number of carbonyl (C=O) groups is 2. The van der Waals surface area contributed by atoms with Gasteiger partial charge in [0.15, 0.2) is 0 Å². The average Bonchev–Trinajstić information content (AvgIpc) is 3.44. The van der Waals surface area contributed by atoms with E-state index in [9.17, 15) is 14.7 Å². The molecule has 2 saturated carbocycles. The van der Waals surface area contributed by atoms with E-state index in [4.69, 9.17) is 0 Å². The fourth-order valence-corrected chi connectivity index (χ4v) is 5.75. The maximum atomic E-state index is 14.1. The molecule has 3 aliphatic rings. The number of β-amino-alcohol motifs (C(OH)–C–C–N with tert-alkyl or cyclic N) is 1. The molecule has 8 heteroatoms. The number of nitrogens with zero attached hydrogens (tertiary/aromatic N) is 2. The van der Waals surface area contributed by atoms with Crippen molar-refractivity contribution in [1.29, 1.82) is 0 Å². The molecule has 4 N–H and O–H groups in total. The van der Waals surface area contributed by atoms with Crippen LogP contribution in [0.3, 0.4) is 0 Å². The van der Waals surface area contributed by atoms with E-state index in [-0.39, 0.29) is 23.3 Å². The summed E-state index contributed by atoms with van der Waals surface area (Å²) >= 11 is 0. The number of aliphatic hydroxyl groups is 1. The standard InChI is InChI=1S/C29H41N5O3/c1-29(2,3)19-11-13-21(14-12-19)34(28(37)24-15-22(35)16-30-24)26(23-17-31-33-25(23)18-9-10-18)27(36)32-20-7-5-4-6-8-20/h11-14,17-18,20,22,24,26,30,35H,4-10,15-16H2,1-3H3,(H,31,33)(H,32,36). The summed E-state index contributed by atoms with van der Waals surface area (Å²) in [6.45, 7) is 6.83. The van der Waals surface area contributed by atoms with Gasteiger partial charge >= 0.3 is 0 Å². The van der Waals surface area contributed by atoms with Gasteiger partial charge in [-0.25, -0.2) is 0 Å². The van der Waals surface area contributed by atoms with Crippen LogP contribution in [0.2, 0.25) is 0 Å². The van der Waals surface area contributed by atoms with E-state index in [2.05, 4.69) is 41.6 Å². The molecule has 1 aromatic carbocycles. The number of H-pyrrole nitrogens is 1. The second-order valence-electron chi connectivity index (χ2n) is 12.1. The molecule has 1 aliphatic heterocycles. The first kappa shape index (κ1) is 25.9. The third-order valence-electron chi connectivity index (χ3n) is 8.09. The summed E-state index contributed by atoms with van der Waals surface area (Å²) in [5, 5.41) is 24.1. The molecule has 2 amide bonds. The van der Waals surface area contributed by atoms with Crippen LogP contribution >= 0.6 is 0 Å². The summed E-state index contributed by atoms with van der Waals surface area (Å²) in [5.74, 6) is -0.0251. The van der Waals surface area contributed by atoms with Crippen LogP contribution in [0, 0.1) is 0 Å². The van der Waals surface area contributed by atoms with E-state index in [1.54, 1.807) is 11.1 Å². The van der Waals surface area contributed by atoms with Gasteiger partial charge in [-0.3, -0.25) is 19.6 Å². The van der Waals surface area contributed by atoms with Gasteiger partial charge in [0, 0.05) is 35.4 Å². The molecule has 0 bridgehead atoms. The normalized spacial score (nSPS) is 23.6. The maximum absolute atomic E-state index is 14.1. The van der Waals surface area contributed by atoms with Crippen molar-refractivity contribution in [3.05, 3.63) is 47.3 Å². The smallest absolute Gasteiger partial charge is 0.248 e. The predicted molar refractivity (Wildman–Crippen MR) is 143 cm³/mol. The number of hydrogen-bond acceptors (Lipinski definition) is 5. The molecule has 3 atom stereocenters. The summed E-state index contributed by atoms with van der Waals surface area (Å²) < 4.78 is 0. The molecular weight excluding hydrogens is 466 g/mol. The zero-order chi connectivity index (χ0) is 26.2. The summed E-state index contributed by atoms with van der Waals surface area (Å²) in [4.78, 5) is 29.9. The van der Waals surface area contributed by atoms with Crippen LogP contribution < -0.4 is 15.5 Å². The summed E-state index contributed by atoms with van der Waals surface area (Å²) in [5.41, 5.74) is 3.51. The Labute approximate surface area is 219 Å². The molecule has 5 rings (SSSR count). The summed E-state index contributed by atoms with van der Waals surface area (Å²) in [7, 11) is 0. The first-order chi connectivity index (χ1) is 17.7. The van der Waals surface area contributed by atoms with Crippen molar-refractivity contribution in [2.45, 2.75) is 108 Å². The number of aliphatic hydroxyl groups excluding tert-OH is 1. The quantitative estimate of drug-likeness (QED) is 0.455. The molecule has 2 aliphatic carbocycles. The number of rotatable bonds is 7. The molecule has 2 heterocycles. The molecule has 37 heavy (non-hydrogen) atoms. The zero-order valence-corrected chi connectivity index (χ0v) is 22.3. The van der Waals surface area contributed by atoms with Crippen LogP contribution in [0.25, 0.3) is 0 Å². The zero-order valence-electron chi connectivity index (χ0n) is 22.3. The average molecular weight is 508 g/mol. The Bertz CT molecular complexity index is 1100. The van der Waals surface area contributed by atoms with Gasteiger partial charge in [0.2, 0.25) is 11.8 Å². The molecule has 3 unspecified atom stereocenters. The first-order valence-corrected chi connectivity index (χ1v) is 13.9. The second-order valence-corrected chi connectivity index (χ2v) is 12.1. The van der Waals surface area contributed by atoms with Crippen molar-refractivity contribution < 1.29 is 14.7 Å². The Kier molecular flexibility index (Phi) is 7.41. The van der Waals surface area contributed by atoms with E-state index in [1.165, 1.54) is 6.42 Å². The minimum Gasteiger partial charge on any atom is -0.392 e. The SMILES string of the molecule is CC(C)(C)c1ccc(N(C(=O)C2CC(O)CN2)C(C(=O)NC2CCCCC2)c2cn[nH]c2C2CC2)cc1. The molecular formula is C29H41N5O3. The molecule has 0 spiro atoms. The van der Waals surface area contributed by atoms with Gasteiger partial charge in [-0.15, -0.1) is 0 Å². The van der Waals surface area contributed by atoms with E-state index in [0.717, 1.165) is 55.3 Å². The van der Waals surface area contributed by atoms with Crippen molar-refractivity contribution in [3.63, 3.8) is 0 Å². The minimum absolute atomic E-state index is 0.0358. The highest BCUT2D eigenvalue weighted by Crippen LogP contribution is 2.43. The lowest BCUT2D eigenvalue weighted by Gasteiger charge is -2.35. The van der Waals surface area contributed by atoms with Gasteiger partial charge < -0.3 is 15.7 Å². The minimum atomic E-state index is -0.844. The third-order valence-corrected chi connectivity index (χ3v) is 8.09. The molecule has 0 radical (unpaired) electrons. The number of aromatic amines is 1. The molecule has 8 nitrogen and oxygen atoms in total. The Morgan fingerprint density at radius 3 is 2.38 bits per heavy atom. The largest absolute Gasteiger partial charge is 0.392 e. The van der Waals surface area contributed by atoms with Crippen LogP contribution in [0.1, 0.15) is 101 Å². The number of anilines is 1. The van der Waals surface area contributed by atoms with E-state index in [1.807, 2.05) is 24.3 Å². The predicted octanol–water partition coefficient (Wildman–Crippen LogP) is 3.83. The topological polar surface area (TPSA) is 110 Å². The van der Waals surface area contributed by atoms with Crippen LogP contribution in [0.4, 0.5) is 5.69 Å². The number of hydrogen-bond donors (Lipinski definition) is 4. The van der Waals surface area contributed by atoms with Gasteiger partial charge in [-0.2, -0.15) is 5.10 Å². The number of aromatic nitrogens is 2. The van der Waals surface area contributed by atoms with Gasteiger partial charge in [0.25, 0.3) is 0 Å². The van der Waals surface area contributed by atoms with Crippen molar-refractivity contribution in [2.24, 2.45) is 0 Å². The fourth-order valence-electron chi connectivity index (χ4n) is 5.75. The third kappa shape index (κ3) is 5.75. The van der Waals surface area contributed by atoms with E-state index >= 15 is 0 Å². The highest BCUT2D eigenvalue weighted by molar-refractivity contribution is 6.04. The molecule has 1 saturated heterocycles. The maximum Gasteiger partial charge on any atom is 0.248 e. The van der Waals surface area contributed by atoms with Crippen LogP contribution in [-0.2, 0) is 15.0 Å². The lowest BCUT2D eigenvalue weighted by atomic mass is 9.87. The van der Waals surface area contributed by atoms with Crippen molar-refractivity contribution in [1.82, 2.24) is 20.8 Å². The highest BCUT2D eigenvalue weighted by atomic mass is 16.3. The van der Waals surface area contributed by atoms with Crippen LogP contribution in [-0.4, -0.2) is 51.9 Å². The van der Waals surface area contributed by atoms with Crippen molar-refractivity contribution in [3.8, 4) is 0 Å². The second kappa shape index (κ2) is 10.6. The monoisotopic (exact) mass is 507 g/mol. The lowest BCUT2D eigenvalue weighted by molar-refractivity contribution is -0.128. The fraction of sp³-hybridized carbons (Fsp3) is 0.621. The highest BCUT2D eigenvalue weighted by Gasteiger charge is 2.42. The van der Waals surface area contributed by atoms with E-state index in [0.29, 0.717) is 24.6 Å². The molecule has 1 aromatic heterocycles. The molecule has 3 fully saturated rings.